The van der Waals surface area contributed by atoms with Crippen molar-refractivity contribution in [1.29, 1.82) is 0 Å². The summed E-state index contributed by atoms with van der Waals surface area (Å²) in [7, 11) is 0. The number of nitrogens with zero attached hydrogens (tertiary/aromatic N) is 1. The first-order valence-corrected chi connectivity index (χ1v) is 7.16. The molecule has 1 heterocycles. The highest BCUT2D eigenvalue weighted by atomic mass is 32.1. The molecule has 1 aromatic carbocycles. The molecular formula is C15H19NOS. The molecule has 0 amide bonds. The zero-order valence-electron chi connectivity index (χ0n) is 11.1. The Morgan fingerprint density at radius 1 is 1.22 bits per heavy atom. The van der Waals surface area contributed by atoms with Crippen molar-refractivity contribution in [2.45, 2.75) is 32.8 Å². The molecule has 0 saturated carbocycles. The summed E-state index contributed by atoms with van der Waals surface area (Å²) < 4.78 is 5.86. The SMILES string of the molecule is CCOC(c1ccccc1)c1ncc(C(C)C)s1. The second-order valence-corrected chi connectivity index (χ2v) is 5.60. The van der Waals surface area contributed by atoms with E-state index in [9.17, 15) is 0 Å². The molecule has 3 heteroatoms. The third-order valence-corrected chi connectivity index (χ3v) is 4.11. The summed E-state index contributed by atoms with van der Waals surface area (Å²) in [6.07, 6.45) is 1.94. The van der Waals surface area contributed by atoms with E-state index in [0.29, 0.717) is 12.5 Å². The zero-order chi connectivity index (χ0) is 13.0. The molecule has 0 aliphatic carbocycles. The van der Waals surface area contributed by atoms with Crippen molar-refractivity contribution in [2.24, 2.45) is 0 Å². The van der Waals surface area contributed by atoms with Gasteiger partial charge in [0.25, 0.3) is 0 Å². The van der Waals surface area contributed by atoms with Crippen LogP contribution >= 0.6 is 11.3 Å². The lowest BCUT2D eigenvalue weighted by molar-refractivity contribution is 0.0911. The summed E-state index contributed by atoms with van der Waals surface area (Å²) in [5.41, 5.74) is 1.17. The minimum Gasteiger partial charge on any atom is -0.367 e. The van der Waals surface area contributed by atoms with Crippen LogP contribution in [0.15, 0.2) is 36.5 Å². The first-order chi connectivity index (χ1) is 8.72. The van der Waals surface area contributed by atoms with Gasteiger partial charge < -0.3 is 4.74 Å². The van der Waals surface area contributed by atoms with E-state index in [1.807, 2.05) is 31.3 Å². The van der Waals surface area contributed by atoms with Gasteiger partial charge in [-0.15, -0.1) is 11.3 Å². The molecule has 0 radical (unpaired) electrons. The number of thiazole rings is 1. The first-order valence-electron chi connectivity index (χ1n) is 6.34. The largest absolute Gasteiger partial charge is 0.367 e. The topological polar surface area (TPSA) is 22.1 Å². The molecule has 18 heavy (non-hydrogen) atoms. The molecule has 0 spiro atoms. The molecule has 1 unspecified atom stereocenters. The van der Waals surface area contributed by atoms with Crippen LogP contribution in [-0.2, 0) is 4.74 Å². The molecule has 96 valence electrons. The summed E-state index contributed by atoms with van der Waals surface area (Å²) in [4.78, 5) is 5.84. The maximum absolute atomic E-state index is 5.86. The van der Waals surface area contributed by atoms with Gasteiger partial charge in [0.15, 0.2) is 0 Å². The second-order valence-electron chi connectivity index (χ2n) is 4.50. The number of hydrogen-bond acceptors (Lipinski definition) is 3. The monoisotopic (exact) mass is 261 g/mol. The predicted octanol–water partition coefficient (Wildman–Crippen LogP) is 4.39. The van der Waals surface area contributed by atoms with E-state index in [4.69, 9.17) is 4.74 Å². The van der Waals surface area contributed by atoms with Gasteiger partial charge in [-0.3, -0.25) is 0 Å². The minimum atomic E-state index is -0.0336. The fourth-order valence-electron chi connectivity index (χ4n) is 1.79. The lowest BCUT2D eigenvalue weighted by Crippen LogP contribution is -2.05. The Morgan fingerprint density at radius 3 is 2.50 bits per heavy atom. The third kappa shape index (κ3) is 2.98. The fourth-order valence-corrected chi connectivity index (χ4v) is 2.79. The summed E-state index contributed by atoms with van der Waals surface area (Å²) >= 11 is 1.75. The van der Waals surface area contributed by atoms with Crippen LogP contribution in [0, 0.1) is 0 Å². The molecule has 0 aliphatic rings. The predicted molar refractivity (Wildman–Crippen MR) is 76.1 cm³/mol. The van der Waals surface area contributed by atoms with Gasteiger partial charge in [-0.1, -0.05) is 44.2 Å². The number of rotatable bonds is 5. The highest BCUT2D eigenvalue weighted by Gasteiger charge is 2.18. The highest BCUT2D eigenvalue weighted by Crippen LogP contribution is 2.31. The van der Waals surface area contributed by atoms with Gasteiger partial charge in [0.2, 0.25) is 0 Å². The van der Waals surface area contributed by atoms with Crippen molar-refractivity contribution in [3.05, 3.63) is 52.0 Å². The maximum Gasteiger partial charge on any atom is 0.134 e. The summed E-state index contributed by atoms with van der Waals surface area (Å²) in [5, 5.41) is 1.05. The Bertz CT molecular complexity index is 478. The summed E-state index contributed by atoms with van der Waals surface area (Å²) in [6, 6.07) is 10.3. The molecule has 0 fully saturated rings. The fraction of sp³-hybridized carbons (Fsp3) is 0.400. The van der Waals surface area contributed by atoms with E-state index < -0.39 is 0 Å². The van der Waals surface area contributed by atoms with Crippen LogP contribution in [-0.4, -0.2) is 11.6 Å². The number of benzene rings is 1. The Morgan fingerprint density at radius 2 is 1.94 bits per heavy atom. The van der Waals surface area contributed by atoms with Crippen molar-refractivity contribution in [3.8, 4) is 0 Å². The van der Waals surface area contributed by atoms with Crippen molar-refractivity contribution in [2.75, 3.05) is 6.61 Å². The van der Waals surface area contributed by atoms with Crippen LogP contribution in [0.5, 0.6) is 0 Å². The van der Waals surface area contributed by atoms with Crippen LogP contribution in [0.2, 0.25) is 0 Å². The lowest BCUT2D eigenvalue weighted by atomic mass is 10.1. The summed E-state index contributed by atoms with van der Waals surface area (Å²) in [6.45, 7) is 7.09. The zero-order valence-corrected chi connectivity index (χ0v) is 11.9. The van der Waals surface area contributed by atoms with Crippen LogP contribution < -0.4 is 0 Å². The molecule has 2 nitrogen and oxygen atoms in total. The maximum atomic E-state index is 5.86. The van der Waals surface area contributed by atoms with Gasteiger partial charge >= 0.3 is 0 Å². The van der Waals surface area contributed by atoms with E-state index in [2.05, 4.69) is 31.0 Å². The van der Waals surface area contributed by atoms with Crippen molar-refractivity contribution < 1.29 is 4.74 Å². The van der Waals surface area contributed by atoms with Crippen molar-refractivity contribution in [1.82, 2.24) is 4.98 Å². The van der Waals surface area contributed by atoms with Crippen LogP contribution in [0.1, 0.15) is 48.2 Å². The highest BCUT2D eigenvalue weighted by molar-refractivity contribution is 7.11. The molecule has 0 N–H and O–H groups in total. The average molecular weight is 261 g/mol. The van der Waals surface area contributed by atoms with Gasteiger partial charge in [-0.05, 0) is 18.4 Å². The van der Waals surface area contributed by atoms with Crippen molar-refractivity contribution in [3.63, 3.8) is 0 Å². The Labute approximate surface area is 113 Å². The number of ether oxygens (including phenoxy) is 1. The van der Waals surface area contributed by atoms with E-state index in [1.54, 1.807) is 11.3 Å². The van der Waals surface area contributed by atoms with Crippen LogP contribution in [0.25, 0.3) is 0 Å². The van der Waals surface area contributed by atoms with E-state index in [1.165, 1.54) is 10.4 Å². The van der Waals surface area contributed by atoms with Gasteiger partial charge in [0.1, 0.15) is 11.1 Å². The second kappa shape index (κ2) is 6.12. The van der Waals surface area contributed by atoms with Gasteiger partial charge in [0, 0.05) is 17.7 Å². The molecule has 1 aromatic heterocycles. The van der Waals surface area contributed by atoms with Crippen LogP contribution in [0.4, 0.5) is 0 Å². The van der Waals surface area contributed by atoms with Gasteiger partial charge in [-0.2, -0.15) is 0 Å². The Kier molecular flexibility index (Phi) is 4.50. The molecule has 2 aromatic rings. The van der Waals surface area contributed by atoms with Crippen LogP contribution in [0.3, 0.4) is 0 Å². The Balaban J connectivity index is 2.29. The van der Waals surface area contributed by atoms with Gasteiger partial charge in [0.05, 0.1) is 0 Å². The Hall–Kier alpha value is -1.19. The number of hydrogen-bond donors (Lipinski definition) is 0. The van der Waals surface area contributed by atoms with E-state index in [0.717, 1.165) is 5.01 Å². The van der Waals surface area contributed by atoms with E-state index in [-0.39, 0.29) is 6.10 Å². The standard InChI is InChI=1S/C15H19NOS/c1-4-17-14(12-8-6-5-7-9-12)15-16-10-13(18-15)11(2)3/h5-11,14H,4H2,1-3H3. The molecule has 2 rings (SSSR count). The van der Waals surface area contributed by atoms with Crippen molar-refractivity contribution >= 4 is 11.3 Å². The molecule has 0 saturated heterocycles. The van der Waals surface area contributed by atoms with E-state index >= 15 is 0 Å². The molecule has 0 bridgehead atoms. The molecule has 1 atom stereocenters. The lowest BCUT2D eigenvalue weighted by Gasteiger charge is -2.14. The quantitative estimate of drug-likeness (QED) is 0.796. The normalized spacial score (nSPS) is 12.9. The summed E-state index contributed by atoms with van der Waals surface area (Å²) in [5.74, 6) is 0.522. The minimum absolute atomic E-state index is 0.0336. The third-order valence-electron chi connectivity index (χ3n) is 2.77. The molecule has 0 aliphatic heterocycles. The van der Waals surface area contributed by atoms with Gasteiger partial charge in [-0.25, -0.2) is 4.98 Å². The smallest absolute Gasteiger partial charge is 0.134 e. The number of aromatic nitrogens is 1. The first kappa shape index (κ1) is 13.2. The average Bonchev–Trinajstić information content (AvgIpc) is 2.86. The molecular weight excluding hydrogens is 242 g/mol.